The summed E-state index contributed by atoms with van der Waals surface area (Å²) in [6.45, 7) is 4.39. The van der Waals surface area contributed by atoms with Gasteiger partial charge in [-0.15, -0.1) is 0 Å². The number of hydrogen-bond donors (Lipinski definition) is 0. The molecule has 0 bridgehead atoms. The molecule has 0 saturated heterocycles. The topological polar surface area (TPSA) is 9.23 Å². The highest BCUT2D eigenvalue weighted by Crippen LogP contribution is 2.31. The first-order valence-corrected chi connectivity index (χ1v) is 10.2. The molecule has 2 heteroatoms. The summed E-state index contributed by atoms with van der Waals surface area (Å²) >= 11 is 1.82. The van der Waals surface area contributed by atoms with Crippen LogP contribution < -0.4 is 4.74 Å². The second-order valence-electron chi connectivity index (χ2n) is 6.45. The van der Waals surface area contributed by atoms with E-state index in [1.165, 1.54) is 53.9 Å². The molecule has 0 heterocycles. The summed E-state index contributed by atoms with van der Waals surface area (Å²) in [6.07, 6.45) is 10.9. The van der Waals surface area contributed by atoms with Crippen LogP contribution in [0, 0.1) is 6.92 Å². The van der Waals surface area contributed by atoms with E-state index in [1.807, 2.05) is 48.4 Å². The minimum atomic E-state index is 0.896. The Morgan fingerprint density at radius 3 is 2.28 bits per heavy atom. The summed E-state index contributed by atoms with van der Waals surface area (Å²) in [5.74, 6) is 0.896. The Labute approximate surface area is 157 Å². The minimum absolute atomic E-state index is 0.896. The average Bonchev–Trinajstić information content (AvgIpc) is 2.65. The lowest BCUT2D eigenvalue weighted by Gasteiger charge is -2.09. The number of para-hydroxylation sites is 1. The van der Waals surface area contributed by atoms with Gasteiger partial charge in [0.05, 0.1) is 0 Å². The van der Waals surface area contributed by atoms with Gasteiger partial charge >= 0.3 is 0 Å². The maximum atomic E-state index is 5.88. The first-order chi connectivity index (χ1) is 12.3. The molecular formula is C23H30OS. The van der Waals surface area contributed by atoms with Gasteiger partial charge in [-0.1, -0.05) is 86.7 Å². The van der Waals surface area contributed by atoms with Crippen LogP contribution in [0.2, 0.25) is 0 Å². The van der Waals surface area contributed by atoms with Crippen LogP contribution in [-0.4, -0.2) is 0 Å². The van der Waals surface area contributed by atoms with Gasteiger partial charge in [0, 0.05) is 9.80 Å². The number of benzene rings is 2. The number of rotatable bonds is 11. The van der Waals surface area contributed by atoms with Crippen LogP contribution in [0.25, 0.3) is 0 Å². The molecule has 0 amide bonds. The minimum Gasteiger partial charge on any atom is -0.464 e. The fraction of sp³-hybridized carbons (Fsp3) is 0.391. The fourth-order valence-corrected chi connectivity index (χ4v) is 3.52. The third-order valence-corrected chi connectivity index (χ3v) is 5.19. The molecular weight excluding hydrogens is 324 g/mol. The Kier molecular flexibility index (Phi) is 9.28. The zero-order chi connectivity index (χ0) is 17.7. The van der Waals surface area contributed by atoms with Crippen LogP contribution in [0.3, 0.4) is 0 Å². The van der Waals surface area contributed by atoms with Crippen molar-refractivity contribution < 1.29 is 4.74 Å². The van der Waals surface area contributed by atoms with Gasteiger partial charge in [0.2, 0.25) is 0 Å². The molecule has 1 nitrogen and oxygen atoms in total. The predicted molar refractivity (Wildman–Crippen MR) is 110 cm³/mol. The number of thioether (sulfide) groups is 1. The molecule has 0 spiro atoms. The maximum Gasteiger partial charge on any atom is 0.126 e. The van der Waals surface area contributed by atoms with Gasteiger partial charge in [-0.2, -0.15) is 0 Å². The Balaban J connectivity index is 1.91. The Hall–Kier alpha value is -1.67. The summed E-state index contributed by atoms with van der Waals surface area (Å²) in [6, 6.07) is 18.7. The van der Waals surface area contributed by atoms with Crippen LogP contribution in [0.15, 0.2) is 70.7 Å². The Bertz CT molecular complexity index is 616. The molecule has 0 fully saturated rings. The van der Waals surface area contributed by atoms with Gasteiger partial charge in [0.25, 0.3) is 0 Å². The van der Waals surface area contributed by atoms with Crippen molar-refractivity contribution in [1.29, 1.82) is 0 Å². The second kappa shape index (κ2) is 11.8. The Morgan fingerprint density at radius 1 is 0.880 bits per heavy atom. The molecule has 25 heavy (non-hydrogen) atoms. The molecule has 0 aromatic heterocycles. The zero-order valence-corrected chi connectivity index (χ0v) is 16.4. The molecule has 2 aromatic carbocycles. The van der Waals surface area contributed by atoms with E-state index in [0.717, 1.165) is 12.2 Å². The summed E-state index contributed by atoms with van der Waals surface area (Å²) in [7, 11) is 0. The standard InChI is InChI=1S/C23H30OS/c1-3-4-5-6-7-11-14-23(19-24-21-12-9-8-10-13-21)25-22-17-15-20(2)16-18-22/h8-10,12-13,15-19H,3-7,11,14H2,1-2H3/b23-19-. The lowest BCUT2D eigenvalue weighted by Crippen LogP contribution is -1.88. The molecule has 2 rings (SSSR count). The smallest absolute Gasteiger partial charge is 0.126 e. The van der Waals surface area contributed by atoms with Crippen molar-refractivity contribution in [2.24, 2.45) is 0 Å². The molecule has 0 aliphatic carbocycles. The molecule has 0 aliphatic heterocycles. The zero-order valence-electron chi connectivity index (χ0n) is 15.5. The van der Waals surface area contributed by atoms with Gasteiger partial charge < -0.3 is 4.74 Å². The van der Waals surface area contributed by atoms with Crippen molar-refractivity contribution in [3.05, 3.63) is 71.3 Å². The van der Waals surface area contributed by atoms with E-state index in [9.17, 15) is 0 Å². The third-order valence-electron chi connectivity index (χ3n) is 4.12. The molecule has 0 aliphatic rings. The molecule has 0 N–H and O–H groups in total. The summed E-state index contributed by atoms with van der Waals surface area (Å²) < 4.78 is 5.88. The van der Waals surface area contributed by atoms with Crippen LogP contribution in [0.4, 0.5) is 0 Å². The molecule has 0 radical (unpaired) electrons. The highest BCUT2D eigenvalue weighted by Gasteiger charge is 2.03. The molecule has 0 saturated carbocycles. The van der Waals surface area contributed by atoms with Crippen molar-refractivity contribution in [1.82, 2.24) is 0 Å². The van der Waals surface area contributed by atoms with E-state index < -0.39 is 0 Å². The maximum absolute atomic E-state index is 5.88. The van der Waals surface area contributed by atoms with Gasteiger partial charge in [-0.3, -0.25) is 0 Å². The quantitative estimate of drug-likeness (QED) is 0.232. The fourth-order valence-electron chi connectivity index (χ4n) is 2.60. The highest BCUT2D eigenvalue weighted by molar-refractivity contribution is 8.03. The van der Waals surface area contributed by atoms with E-state index in [1.54, 1.807) is 0 Å². The van der Waals surface area contributed by atoms with Crippen LogP contribution in [-0.2, 0) is 0 Å². The highest BCUT2D eigenvalue weighted by atomic mass is 32.2. The lowest BCUT2D eigenvalue weighted by atomic mass is 10.1. The van der Waals surface area contributed by atoms with Crippen molar-refractivity contribution in [2.45, 2.75) is 63.7 Å². The normalized spacial score (nSPS) is 11.5. The van der Waals surface area contributed by atoms with Crippen LogP contribution in [0.1, 0.15) is 57.4 Å². The van der Waals surface area contributed by atoms with Crippen molar-refractivity contribution in [3.63, 3.8) is 0 Å². The monoisotopic (exact) mass is 354 g/mol. The van der Waals surface area contributed by atoms with E-state index in [2.05, 4.69) is 38.1 Å². The van der Waals surface area contributed by atoms with Crippen molar-refractivity contribution in [2.75, 3.05) is 0 Å². The number of ether oxygens (including phenoxy) is 1. The van der Waals surface area contributed by atoms with Crippen molar-refractivity contribution >= 4 is 11.8 Å². The number of aryl methyl sites for hydroxylation is 1. The lowest BCUT2D eigenvalue weighted by molar-refractivity contribution is 0.476. The van der Waals surface area contributed by atoms with E-state index in [0.29, 0.717) is 0 Å². The summed E-state index contributed by atoms with van der Waals surface area (Å²) in [5, 5.41) is 0. The first-order valence-electron chi connectivity index (χ1n) is 9.43. The van der Waals surface area contributed by atoms with Gasteiger partial charge in [-0.25, -0.2) is 0 Å². The van der Waals surface area contributed by atoms with Gasteiger partial charge in [0.1, 0.15) is 12.0 Å². The van der Waals surface area contributed by atoms with E-state index in [4.69, 9.17) is 4.74 Å². The summed E-state index contributed by atoms with van der Waals surface area (Å²) in [5.41, 5.74) is 1.30. The van der Waals surface area contributed by atoms with Gasteiger partial charge in [0.15, 0.2) is 0 Å². The molecule has 0 atom stereocenters. The first kappa shape index (κ1) is 19.7. The number of hydrogen-bond acceptors (Lipinski definition) is 2. The van der Waals surface area contributed by atoms with Gasteiger partial charge in [-0.05, 0) is 44.0 Å². The van der Waals surface area contributed by atoms with E-state index >= 15 is 0 Å². The third kappa shape index (κ3) is 8.31. The average molecular weight is 355 g/mol. The second-order valence-corrected chi connectivity index (χ2v) is 7.65. The van der Waals surface area contributed by atoms with E-state index in [-0.39, 0.29) is 0 Å². The van der Waals surface area contributed by atoms with Crippen LogP contribution in [0.5, 0.6) is 5.75 Å². The SMILES string of the molecule is CCCCCCCC/C(=C/Oc1ccccc1)Sc1ccc(C)cc1. The van der Waals surface area contributed by atoms with Crippen molar-refractivity contribution in [3.8, 4) is 5.75 Å². The summed E-state index contributed by atoms with van der Waals surface area (Å²) in [4.78, 5) is 2.57. The molecule has 0 unspecified atom stereocenters. The molecule has 134 valence electrons. The number of unbranched alkanes of at least 4 members (excludes halogenated alkanes) is 5. The number of allylic oxidation sites excluding steroid dienone is 1. The largest absolute Gasteiger partial charge is 0.464 e. The van der Waals surface area contributed by atoms with Crippen LogP contribution >= 0.6 is 11.8 Å². The predicted octanol–water partition coefficient (Wildman–Crippen LogP) is 7.76. The molecule has 2 aromatic rings. The Morgan fingerprint density at radius 2 is 1.56 bits per heavy atom.